The first-order valence-corrected chi connectivity index (χ1v) is 6.88. The Morgan fingerprint density at radius 3 is 2.05 bits per heavy atom. The van der Waals surface area contributed by atoms with Crippen molar-refractivity contribution in [3.63, 3.8) is 0 Å². The molecular formula is C19H27N. The van der Waals surface area contributed by atoms with Gasteiger partial charge in [-0.2, -0.15) is 0 Å². The van der Waals surface area contributed by atoms with E-state index in [2.05, 4.69) is 53.2 Å². The number of rotatable bonds is 8. The molecule has 0 aliphatic carbocycles. The van der Waals surface area contributed by atoms with Crippen molar-refractivity contribution in [1.82, 2.24) is 0 Å². The third-order valence-electron chi connectivity index (χ3n) is 2.73. The van der Waals surface area contributed by atoms with Crippen molar-refractivity contribution < 1.29 is 0 Å². The Labute approximate surface area is 124 Å². The molecule has 0 aromatic carbocycles. The van der Waals surface area contributed by atoms with Crippen LogP contribution in [0.5, 0.6) is 0 Å². The molecule has 0 saturated heterocycles. The van der Waals surface area contributed by atoms with Gasteiger partial charge in [0, 0.05) is 11.1 Å². The zero-order valence-electron chi connectivity index (χ0n) is 13.2. The smallest absolute Gasteiger partial charge is 0.0701 e. The predicted molar refractivity (Wildman–Crippen MR) is 93.1 cm³/mol. The highest BCUT2D eigenvalue weighted by atomic mass is 14.8. The lowest BCUT2D eigenvalue weighted by atomic mass is 9.89. The first-order valence-electron chi connectivity index (χ1n) is 6.88. The van der Waals surface area contributed by atoms with E-state index in [1.165, 1.54) is 0 Å². The van der Waals surface area contributed by atoms with E-state index >= 15 is 0 Å². The molecule has 0 aromatic heterocycles. The summed E-state index contributed by atoms with van der Waals surface area (Å²) >= 11 is 0. The molecule has 108 valence electrons. The molecule has 0 aliphatic heterocycles. The fraction of sp³-hybridized carbons (Fsp3) is 0.316. The van der Waals surface area contributed by atoms with Crippen LogP contribution in [-0.2, 0) is 0 Å². The Kier molecular flexibility index (Phi) is 8.23. The van der Waals surface area contributed by atoms with E-state index in [1.807, 2.05) is 18.2 Å². The molecule has 0 amide bonds. The Morgan fingerprint density at radius 1 is 1.00 bits per heavy atom. The lowest BCUT2D eigenvalue weighted by Crippen LogP contribution is -2.18. The highest BCUT2D eigenvalue weighted by Gasteiger charge is 2.16. The predicted octanol–water partition coefficient (Wildman–Crippen LogP) is 5.81. The van der Waals surface area contributed by atoms with Crippen LogP contribution >= 0.6 is 0 Å². The molecule has 0 saturated carbocycles. The highest BCUT2D eigenvalue weighted by Crippen LogP contribution is 2.22. The van der Waals surface area contributed by atoms with Gasteiger partial charge in [-0.05, 0) is 30.6 Å². The number of hydrogen-bond acceptors (Lipinski definition) is 1. The zero-order chi connectivity index (χ0) is 15.6. The van der Waals surface area contributed by atoms with Crippen LogP contribution in [0.1, 0.15) is 33.6 Å². The van der Waals surface area contributed by atoms with Crippen LogP contribution in [0.3, 0.4) is 0 Å². The normalized spacial score (nSPS) is 13.8. The van der Waals surface area contributed by atoms with Gasteiger partial charge in [-0.25, -0.2) is 0 Å². The minimum absolute atomic E-state index is 0.0462. The monoisotopic (exact) mass is 269 g/mol. The quantitative estimate of drug-likeness (QED) is 0.228. The molecule has 0 unspecified atom stereocenters. The first kappa shape index (κ1) is 18.1. The van der Waals surface area contributed by atoms with Gasteiger partial charge in [-0.1, -0.05) is 64.8 Å². The molecule has 1 heteroatoms. The summed E-state index contributed by atoms with van der Waals surface area (Å²) < 4.78 is 0. The lowest BCUT2D eigenvalue weighted by Gasteiger charge is -2.19. The molecule has 0 radical (unpaired) electrons. The van der Waals surface area contributed by atoms with Crippen molar-refractivity contribution >= 4 is 5.71 Å². The van der Waals surface area contributed by atoms with Crippen molar-refractivity contribution in [3.8, 4) is 0 Å². The fourth-order valence-corrected chi connectivity index (χ4v) is 1.61. The number of aliphatic imine (C=N–C) groups is 1. The average molecular weight is 269 g/mol. The van der Waals surface area contributed by atoms with Crippen LogP contribution in [-0.4, -0.2) is 5.71 Å². The summed E-state index contributed by atoms with van der Waals surface area (Å²) in [6.45, 7) is 21.6. The van der Waals surface area contributed by atoms with Gasteiger partial charge in [0.2, 0.25) is 0 Å². The van der Waals surface area contributed by atoms with Crippen LogP contribution in [0.4, 0.5) is 0 Å². The van der Waals surface area contributed by atoms with E-state index in [4.69, 9.17) is 4.99 Å². The summed E-state index contributed by atoms with van der Waals surface area (Å²) in [6, 6.07) is 0. The van der Waals surface area contributed by atoms with Crippen molar-refractivity contribution in [3.05, 3.63) is 74.0 Å². The number of unbranched alkanes of at least 4 members (excludes halogenated alkanes) is 1. The summed E-state index contributed by atoms with van der Waals surface area (Å²) in [7, 11) is 0. The van der Waals surface area contributed by atoms with Gasteiger partial charge in [-0.3, -0.25) is 4.99 Å². The van der Waals surface area contributed by atoms with E-state index in [1.54, 1.807) is 12.2 Å². The van der Waals surface area contributed by atoms with E-state index in [0.717, 1.165) is 29.8 Å². The van der Waals surface area contributed by atoms with Crippen LogP contribution < -0.4 is 0 Å². The Balaban J connectivity index is 5.59. The van der Waals surface area contributed by atoms with E-state index in [-0.39, 0.29) is 5.41 Å². The molecule has 0 rings (SSSR count). The Hall–Kier alpha value is -1.89. The maximum Gasteiger partial charge on any atom is 0.0701 e. The third kappa shape index (κ3) is 6.33. The van der Waals surface area contributed by atoms with E-state index in [0.29, 0.717) is 0 Å². The molecule has 0 aromatic rings. The number of hydrogen-bond donors (Lipinski definition) is 0. The van der Waals surface area contributed by atoms with Crippen LogP contribution in [0, 0.1) is 5.41 Å². The Bertz CT molecular complexity index is 451. The van der Waals surface area contributed by atoms with Crippen molar-refractivity contribution in [2.24, 2.45) is 10.4 Å². The topological polar surface area (TPSA) is 12.4 Å². The summed E-state index contributed by atoms with van der Waals surface area (Å²) in [5, 5.41) is 0. The number of nitrogens with zero attached hydrogens (tertiary/aromatic N) is 1. The van der Waals surface area contributed by atoms with Gasteiger partial charge in [0.1, 0.15) is 0 Å². The molecule has 0 heterocycles. The SMILES string of the molecule is C=C/C=C(\N=C(/C=C)C(C)(C)C)C(/C=C)=C/CCC=C. The van der Waals surface area contributed by atoms with Crippen LogP contribution in [0.25, 0.3) is 0 Å². The summed E-state index contributed by atoms with van der Waals surface area (Å²) in [6.07, 6.45) is 13.2. The van der Waals surface area contributed by atoms with Crippen molar-refractivity contribution in [2.75, 3.05) is 0 Å². The van der Waals surface area contributed by atoms with Gasteiger partial charge in [-0.15, -0.1) is 6.58 Å². The second kappa shape index (κ2) is 9.08. The molecular weight excluding hydrogens is 242 g/mol. The maximum atomic E-state index is 4.73. The summed E-state index contributed by atoms with van der Waals surface area (Å²) in [4.78, 5) is 4.73. The van der Waals surface area contributed by atoms with Crippen molar-refractivity contribution in [1.29, 1.82) is 0 Å². The molecule has 20 heavy (non-hydrogen) atoms. The second-order valence-corrected chi connectivity index (χ2v) is 5.47. The summed E-state index contributed by atoms with van der Waals surface area (Å²) in [5.41, 5.74) is 2.77. The van der Waals surface area contributed by atoms with Crippen LogP contribution in [0.2, 0.25) is 0 Å². The second-order valence-electron chi connectivity index (χ2n) is 5.47. The summed E-state index contributed by atoms with van der Waals surface area (Å²) in [5.74, 6) is 0. The van der Waals surface area contributed by atoms with E-state index in [9.17, 15) is 0 Å². The fourth-order valence-electron chi connectivity index (χ4n) is 1.61. The minimum atomic E-state index is -0.0462. The van der Waals surface area contributed by atoms with Gasteiger partial charge < -0.3 is 0 Å². The Morgan fingerprint density at radius 2 is 1.65 bits per heavy atom. The molecule has 0 fully saturated rings. The standard InChI is InChI=1S/C19H27N/c1-8-12-13-15-16(10-3)17(14-9-2)20-18(11-4)19(5,6)7/h8-11,14-15H,1-4,12-13H2,5-7H3/b16-15+,17-14-,20-18+. The molecule has 0 atom stereocenters. The van der Waals surface area contributed by atoms with E-state index < -0.39 is 0 Å². The van der Waals surface area contributed by atoms with Crippen LogP contribution in [0.15, 0.2) is 79.0 Å². The molecule has 0 N–H and O–H groups in total. The van der Waals surface area contributed by atoms with Gasteiger partial charge in [0.15, 0.2) is 0 Å². The third-order valence-corrected chi connectivity index (χ3v) is 2.73. The molecule has 0 bridgehead atoms. The van der Waals surface area contributed by atoms with Gasteiger partial charge in [0.05, 0.1) is 5.70 Å². The maximum absolute atomic E-state index is 4.73. The van der Waals surface area contributed by atoms with Gasteiger partial charge >= 0.3 is 0 Å². The zero-order valence-corrected chi connectivity index (χ0v) is 13.2. The average Bonchev–Trinajstić information content (AvgIpc) is 2.38. The molecule has 0 aliphatic rings. The number of allylic oxidation sites excluding steroid dienone is 6. The first-order chi connectivity index (χ1) is 9.40. The lowest BCUT2D eigenvalue weighted by molar-refractivity contribution is 0.593. The largest absolute Gasteiger partial charge is 0.252 e. The highest BCUT2D eigenvalue weighted by molar-refractivity contribution is 5.99. The molecule has 0 spiro atoms. The van der Waals surface area contributed by atoms with Gasteiger partial charge in [0.25, 0.3) is 0 Å². The van der Waals surface area contributed by atoms with Crippen molar-refractivity contribution in [2.45, 2.75) is 33.6 Å². The minimum Gasteiger partial charge on any atom is -0.252 e. The molecule has 1 nitrogen and oxygen atoms in total.